The Morgan fingerprint density at radius 3 is 1.80 bits per heavy atom. The van der Waals surface area contributed by atoms with Crippen molar-refractivity contribution in [2.45, 2.75) is 25.7 Å². The van der Waals surface area contributed by atoms with Crippen molar-refractivity contribution < 1.29 is 9.59 Å². The van der Waals surface area contributed by atoms with Crippen LogP contribution >= 0.6 is 23.2 Å². The highest BCUT2D eigenvalue weighted by Gasteiger charge is 2.28. The molecular weight excluding hydrogens is 299 g/mol. The molecule has 0 saturated carbocycles. The maximum atomic E-state index is 11.8. The van der Waals surface area contributed by atoms with Crippen molar-refractivity contribution in [2.24, 2.45) is 0 Å². The Morgan fingerprint density at radius 2 is 1.35 bits per heavy atom. The molecule has 2 amide bonds. The van der Waals surface area contributed by atoms with E-state index in [1.165, 1.54) is 0 Å². The molecule has 3 rings (SSSR count). The first-order valence-electron chi connectivity index (χ1n) is 6.67. The maximum Gasteiger partial charge on any atom is 0.227 e. The van der Waals surface area contributed by atoms with Gasteiger partial charge in [-0.05, 0) is 25.0 Å². The minimum absolute atomic E-state index is 0.0406. The molecule has 0 bridgehead atoms. The first kappa shape index (κ1) is 13.7. The van der Waals surface area contributed by atoms with Crippen LogP contribution in [-0.2, 0) is 9.59 Å². The minimum atomic E-state index is 0.0406. The van der Waals surface area contributed by atoms with Gasteiger partial charge in [0.2, 0.25) is 11.8 Å². The second-order valence-electron chi connectivity index (χ2n) is 5.06. The molecule has 1 aromatic carbocycles. The molecule has 2 fully saturated rings. The summed E-state index contributed by atoms with van der Waals surface area (Å²) in [6.07, 6.45) is 2.75. The molecule has 0 aromatic heterocycles. The number of halogens is 2. The summed E-state index contributed by atoms with van der Waals surface area (Å²) in [5, 5.41) is 0.838. The molecule has 0 N–H and O–H groups in total. The van der Waals surface area contributed by atoms with E-state index in [1.807, 2.05) is 0 Å². The standard InChI is InChI=1S/C14H14Cl2N2O2/c15-10-7-9(17-5-1-3-12(17)19)8-11(16)14(10)18-6-2-4-13(18)20/h7-8H,1-6H2. The van der Waals surface area contributed by atoms with E-state index >= 15 is 0 Å². The zero-order valence-corrected chi connectivity index (χ0v) is 12.4. The van der Waals surface area contributed by atoms with E-state index in [4.69, 9.17) is 23.2 Å². The number of carbonyl (C=O) groups excluding carboxylic acids is 2. The average molecular weight is 313 g/mol. The van der Waals surface area contributed by atoms with Gasteiger partial charge in [0, 0.05) is 31.6 Å². The first-order chi connectivity index (χ1) is 9.58. The highest BCUT2D eigenvalue weighted by molar-refractivity contribution is 6.40. The lowest BCUT2D eigenvalue weighted by atomic mass is 10.2. The van der Waals surface area contributed by atoms with Gasteiger partial charge in [-0.25, -0.2) is 0 Å². The van der Waals surface area contributed by atoms with Gasteiger partial charge in [-0.3, -0.25) is 9.59 Å². The Morgan fingerprint density at radius 1 is 0.850 bits per heavy atom. The quantitative estimate of drug-likeness (QED) is 0.841. The van der Waals surface area contributed by atoms with Gasteiger partial charge in [0.1, 0.15) is 0 Å². The third-order valence-electron chi connectivity index (χ3n) is 3.73. The Labute approximate surface area is 127 Å². The summed E-state index contributed by atoms with van der Waals surface area (Å²) in [5.74, 6) is 0.126. The van der Waals surface area contributed by atoms with Crippen LogP contribution in [0.2, 0.25) is 10.0 Å². The summed E-state index contributed by atoms with van der Waals surface area (Å²) in [6.45, 7) is 1.33. The van der Waals surface area contributed by atoms with Crippen molar-refractivity contribution in [2.75, 3.05) is 22.9 Å². The Bertz CT molecular complexity index is 566. The van der Waals surface area contributed by atoms with Gasteiger partial charge < -0.3 is 9.80 Å². The van der Waals surface area contributed by atoms with Gasteiger partial charge in [-0.2, -0.15) is 0 Å². The monoisotopic (exact) mass is 312 g/mol. The van der Waals surface area contributed by atoms with Crippen molar-refractivity contribution in [3.8, 4) is 0 Å². The minimum Gasteiger partial charge on any atom is -0.312 e. The molecular formula is C14H14Cl2N2O2. The van der Waals surface area contributed by atoms with E-state index in [0.717, 1.165) is 12.8 Å². The van der Waals surface area contributed by atoms with Gasteiger partial charge in [-0.15, -0.1) is 0 Å². The highest BCUT2D eigenvalue weighted by Crippen LogP contribution is 2.40. The third kappa shape index (κ3) is 2.27. The molecule has 2 saturated heterocycles. The van der Waals surface area contributed by atoms with Crippen LogP contribution in [0.25, 0.3) is 0 Å². The predicted molar refractivity (Wildman–Crippen MR) is 79.6 cm³/mol. The molecule has 0 aliphatic carbocycles. The van der Waals surface area contributed by atoms with Crippen LogP contribution in [0, 0.1) is 0 Å². The molecule has 0 unspecified atom stereocenters. The fourth-order valence-electron chi connectivity index (χ4n) is 2.77. The van der Waals surface area contributed by atoms with E-state index in [0.29, 0.717) is 47.4 Å². The predicted octanol–water partition coefficient (Wildman–Crippen LogP) is 3.25. The summed E-state index contributed by atoms with van der Waals surface area (Å²) < 4.78 is 0. The Kier molecular flexibility index (Phi) is 3.61. The number of hydrogen-bond donors (Lipinski definition) is 0. The van der Waals surface area contributed by atoms with Crippen molar-refractivity contribution in [3.05, 3.63) is 22.2 Å². The van der Waals surface area contributed by atoms with Crippen molar-refractivity contribution in [1.82, 2.24) is 0 Å². The van der Waals surface area contributed by atoms with Crippen LogP contribution < -0.4 is 9.80 Å². The zero-order valence-electron chi connectivity index (χ0n) is 10.9. The molecule has 106 valence electrons. The molecule has 2 aliphatic heterocycles. The lowest BCUT2D eigenvalue weighted by molar-refractivity contribution is -0.117. The molecule has 6 heteroatoms. The summed E-state index contributed by atoms with van der Waals surface area (Å²) >= 11 is 12.6. The number of anilines is 2. The number of benzene rings is 1. The average Bonchev–Trinajstić information content (AvgIpc) is 2.98. The second-order valence-corrected chi connectivity index (χ2v) is 5.87. The second kappa shape index (κ2) is 5.26. The summed E-state index contributed by atoms with van der Waals surface area (Å²) in [6, 6.07) is 3.44. The van der Waals surface area contributed by atoms with E-state index in [-0.39, 0.29) is 11.8 Å². The van der Waals surface area contributed by atoms with Gasteiger partial charge in [0.05, 0.1) is 15.7 Å². The van der Waals surface area contributed by atoms with Crippen molar-refractivity contribution in [1.29, 1.82) is 0 Å². The van der Waals surface area contributed by atoms with Crippen LogP contribution in [0.3, 0.4) is 0 Å². The molecule has 0 atom stereocenters. The number of hydrogen-bond acceptors (Lipinski definition) is 2. The Hall–Kier alpha value is -1.26. The molecule has 0 spiro atoms. The van der Waals surface area contributed by atoms with E-state index < -0.39 is 0 Å². The van der Waals surface area contributed by atoms with Crippen LogP contribution in [0.1, 0.15) is 25.7 Å². The lowest BCUT2D eigenvalue weighted by Crippen LogP contribution is -2.26. The molecule has 2 aliphatic rings. The fraction of sp³-hybridized carbons (Fsp3) is 0.429. The van der Waals surface area contributed by atoms with Gasteiger partial charge in [-0.1, -0.05) is 23.2 Å². The van der Waals surface area contributed by atoms with Gasteiger partial charge in [0.25, 0.3) is 0 Å². The molecule has 4 nitrogen and oxygen atoms in total. The van der Waals surface area contributed by atoms with Crippen LogP contribution in [-0.4, -0.2) is 24.9 Å². The van der Waals surface area contributed by atoms with E-state index in [1.54, 1.807) is 21.9 Å². The largest absolute Gasteiger partial charge is 0.312 e. The molecule has 1 aromatic rings. The summed E-state index contributed by atoms with van der Waals surface area (Å²) in [7, 11) is 0. The van der Waals surface area contributed by atoms with Gasteiger partial charge >= 0.3 is 0 Å². The fourth-order valence-corrected chi connectivity index (χ4v) is 3.45. The number of amides is 2. The smallest absolute Gasteiger partial charge is 0.227 e. The third-order valence-corrected chi connectivity index (χ3v) is 4.31. The Balaban J connectivity index is 1.98. The number of nitrogens with zero attached hydrogens (tertiary/aromatic N) is 2. The van der Waals surface area contributed by atoms with Crippen LogP contribution in [0.4, 0.5) is 11.4 Å². The van der Waals surface area contributed by atoms with Gasteiger partial charge in [0.15, 0.2) is 0 Å². The number of rotatable bonds is 2. The van der Waals surface area contributed by atoms with Crippen LogP contribution in [0.15, 0.2) is 12.1 Å². The first-order valence-corrected chi connectivity index (χ1v) is 7.43. The lowest BCUT2D eigenvalue weighted by Gasteiger charge is -2.22. The summed E-state index contributed by atoms with van der Waals surface area (Å²) in [4.78, 5) is 26.9. The van der Waals surface area contributed by atoms with Crippen molar-refractivity contribution in [3.63, 3.8) is 0 Å². The summed E-state index contributed by atoms with van der Waals surface area (Å²) in [5.41, 5.74) is 1.27. The zero-order chi connectivity index (χ0) is 14.3. The van der Waals surface area contributed by atoms with Crippen molar-refractivity contribution >= 4 is 46.4 Å². The molecule has 0 radical (unpaired) electrons. The van der Waals surface area contributed by atoms with Crippen LogP contribution in [0.5, 0.6) is 0 Å². The van der Waals surface area contributed by atoms with E-state index in [9.17, 15) is 9.59 Å². The van der Waals surface area contributed by atoms with E-state index in [2.05, 4.69) is 0 Å². The molecule has 2 heterocycles. The SMILES string of the molecule is O=C1CCCN1c1cc(Cl)c(N2CCCC2=O)c(Cl)c1. The normalized spacial score (nSPS) is 19.3. The maximum absolute atomic E-state index is 11.8. The topological polar surface area (TPSA) is 40.6 Å². The number of carbonyl (C=O) groups is 2. The highest BCUT2D eigenvalue weighted by atomic mass is 35.5. The molecule has 20 heavy (non-hydrogen) atoms.